The van der Waals surface area contributed by atoms with Crippen LogP contribution in [-0.2, 0) is 7.05 Å². The standard InChI is InChI=1S/C11H11FN2O/c1-14-10(5-6-13-14)9-7-8(12)3-4-11(9)15-2/h3-7H,1-2H3. The van der Waals surface area contributed by atoms with E-state index >= 15 is 0 Å². The summed E-state index contributed by atoms with van der Waals surface area (Å²) in [4.78, 5) is 0. The van der Waals surface area contributed by atoms with Gasteiger partial charge in [0.1, 0.15) is 11.6 Å². The summed E-state index contributed by atoms with van der Waals surface area (Å²) in [6.45, 7) is 0. The molecule has 0 fully saturated rings. The highest BCUT2D eigenvalue weighted by atomic mass is 19.1. The van der Waals surface area contributed by atoms with Gasteiger partial charge in [0.25, 0.3) is 0 Å². The van der Waals surface area contributed by atoms with E-state index in [4.69, 9.17) is 4.74 Å². The smallest absolute Gasteiger partial charge is 0.128 e. The zero-order valence-corrected chi connectivity index (χ0v) is 8.57. The second-order valence-electron chi connectivity index (χ2n) is 3.18. The third-order valence-electron chi connectivity index (χ3n) is 2.26. The van der Waals surface area contributed by atoms with Crippen LogP contribution in [0.5, 0.6) is 5.75 Å². The van der Waals surface area contributed by atoms with E-state index in [1.54, 1.807) is 31.1 Å². The van der Waals surface area contributed by atoms with Gasteiger partial charge in [0.05, 0.1) is 12.8 Å². The molecule has 0 unspecified atom stereocenters. The summed E-state index contributed by atoms with van der Waals surface area (Å²) in [6, 6.07) is 6.24. The summed E-state index contributed by atoms with van der Waals surface area (Å²) in [5.41, 5.74) is 1.53. The number of aryl methyl sites for hydroxylation is 1. The second-order valence-corrected chi connectivity index (χ2v) is 3.18. The van der Waals surface area contributed by atoms with Crippen LogP contribution in [0.25, 0.3) is 11.3 Å². The number of hydrogen-bond donors (Lipinski definition) is 0. The first-order valence-electron chi connectivity index (χ1n) is 4.54. The Labute approximate surface area is 87.1 Å². The lowest BCUT2D eigenvalue weighted by molar-refractivity contribution is 0.415. The highest BCUT2D eigenvalue weighted by Gasteiger charge is 2.09. The molecule has 2 rings (SSSR count). The normalized spacial score (nSPS) is 10.3. The minimum absolute atomic E-state index is 0.285. The molecule has 1 heterocycles. The van der Waals surface area contributed by atoms with E-state index in [2.05, 4.69) is 5.10 Å². The predicted octanol–water partition coefficient (Wildman–Crippen LogP) is 2.23. The molecule has 0 spiro atoms. The molecule has 0 radical (unpaired) electrons. The molecule has 78 valence electrons. The number of aromatic nitrogens is 2. The second kappa shape index (κ2) is 3.73. The molecule has 0 N–H and O–H groups in total. The van der Waals surface area contributed by atoms with E-state index in [-0.39, 0.29) is 5.82 Å². The van der Waals surface area contributed by atoms with Crippen LogP contribution in [0.1, 0.15) is 0 Å². The van der Waals surface area contributed by atoms with Crippen LogP contribution in [0.15, 0.2) is 30.5 Å². The van der Waals surface area contributed by atoms with Gasteiger partial charge in [-0.05, 0) is 24.3 Å². The quantitative estimate of drug-likeness (QED) is 0.753. The summed E-state index contributed by atoms with van der Waals surface area (Å²) in [6.07, 6.45) is 1.67. The molecular formula is C11H11FN2O. The average molecular weight is 206 g/mol. The lowest BCUT2D eigenvalue weighted by Gasteiger charge is -2.08. The molecule has 15 heavy (non-hydrogen) atoms. The Balaban J connectivity index is 2.60. The number of methoxy groups -OCH3 is 1. The van der Waals surface area contributed by atoms with Crippen molar-refractivity contribution in [3.63, 3.8) is 0 Å². The minimum Gasteiger partial charge on any atom is -0.496 e. The van der Waals surface area contributed by atoms with Crippen LogP contribution in [0.4, 0.5) is 4.39 Å². The average Bonchev–Trinajstić information content (AvgIpc) is 2.64. The van der Waals surface area contributed by atoms with Crippen LogP contribution in [0, 0.1) is 5.82 Å². The Morgan fingerprint density at radius 3 is 2.73 bits per heavy atom. The van der Waals surface area contributed by atoms with E-state index in [1.165, 1.54) is 12.1 Å². The molecule has 3 nitrogen and oxygen atoms in total. The van der Waals surface area contributed by atoms with Crippen molar-refractivity contribution in [1.29, 1.82) is 0 Å². The first kappa shape index (κ1) is 9.71. The van der Waals surface area contributed by atoms with Crippen LogP contribution < -0.4 is 4.74 Å². The van der Waals surface area contributed by atoms with Crippen molar-refractivity contribution < 1.29 is 9.13 Å². The summed E-state index contributed by atoms with van der Waals surface area (Å²) < 4.78 is 20.0. The molecule has 0 bridgehead atoms. The third kappa shape index (κ3) is 1.70. The summed E-state index contributed by atoms with van der Waals surface area (Å²) >= 11 is 0. The molecule has 0 aliphatic carbocycles. The Morgan fingerprint density at radius 2 is 2.13 bits per heavy atom. The number of ether oxygens (including phenoxy) is 1. The molecule has 4 heteroatoms. The fraction of sp³-hybridized carbons (Fsp3) is 0.182. The highest BCUT2D eigenvalue weighted by Crippen LogP contribution is 2.29. The number of benzene rings is 1. The molecule has 0 saturated heterocycles. The maximum Gasteiger partial charge on any atom is 0.128 e. The molecule has 2 aromatic rings. The Hall–Kier alpha value is -1.84. The van der Waals surface area contributed by atoms with Crippen molar-refractivity contribution in [2.45, 2.75) is 0 Å². The fourth-order valence-corrected chi connectivity index (χ4v) is 1.52. The van der Waals surface area contributed by atoms with Gasteiger partial charge in [-0.15, -0.1) is 0 Å². The molecule has 1 aromatic heterocycles. The van der Waals surface area contributed by atoms with Gasteiger partial charge in [0, 0.05) is 18.8 Å². The molecular weight excluding hydrogens is 195 g/mol. The zero-order chi connectivity index (χ0) is 10.8. The third-order valence-corrected chi connectivity index (χ3v) is 2.26. The van der Waals surface area contributed by atoms with E-state index in [1.807, 2.05) is 6.07 Å². The van der Waals surface area contributed by atoms with Gasteiger partial charge in [0.2, 0.25) is 0 Å². The lowest BCUT2D eigenvalue weighted by atomic mass is 10.1. The van der Waals surface area contributed by atoms with Crippen molar-refractivity contribution in [3.05, 3.63) is 36.3 Å². The molecule has 0 saturated carbocycles. The predicted molar refractivity (Wildman–Crippen MR) is 55.2 cm³/mol. The van der Waals surface area contributed by atoms with Crippen LogP contribution >= 0.6 is 0 Å². The van der Waals surface area contributed by atoms with Gasteiger partial charge >= 0.3 is 0 Å². The van der Waals surface area contributed by atoms with Gasteiger partial charge in [0.15, 0.2) is 0 Å². The first-order chi connectivity index (χ1) is 7.22. The van der Waals surface area contributed by atoms with Crippen molar-refractivity contribution in [1.82, 2.24) is 9.78 Å². The number of nitrogens with zero attached hydrogens (tertiary/aromatic N) is 2. The zero-order valence-electron chi connectivity index (χ0n) is 8.57. The molecule has 1 aromatic carbocycles. The molecule has 0 aliphatic rings. The Bertz CT molecular complexity index is 479. The summed E-state index contributed by atoms with van der Waals surface area (Å²) in [7, 11) is 3.37. The lowest BCUT2D eigenvalue weighted by Crippen LogP contribution is -1.96. The van der Waals surface area contributed by atoms with E-state index in [0.29, 0.717) is 11.3 Å². The van der Waals surface area contributed by atoms with E-state index < -0.39 is 0 Å². The van der Waals surface area contributed by atoms with Crippen molar-refractivity contribution in [3.8, 4) is 17.0 Å². The fourth-order valence-electron chi connectivity index (χ4n) is 1.52. The van der Waals surface area contributed by atoms with Gasteiger partial charge in [-0.2, -0.15) is 5.10 Å². The van der Waals surface area contributed by atoms with Gasteiger partial charge in [-0.1, -0.05) is 0 Å². The summed E-state index contributed by atoms with van der Waals surface area (Å²) in [5, 5.41) is 4.04. The molecule has 0 aliphatic heterocycles. The first-order valence-corrected chi connectivity index (χ1v) is 4.54. The monoisotopic (exact) mass is 206 g/mol. The van der Waals surface area contributed by atoms with Gasteiger partial charge < -0.3 is 4.74 Å². The maximum atomic E-state index is 13.1. The van der Waals surface area contributed by atoms with Crippen LogP contribution in [-0.4, -0.2) is 16.9 Å². The molecule has 0 amide bonds. The largest absolute Gasteiger partial charge is 0.496 e. The topological polar surface area (TPSA) is 27.1 Å². The molecule has 0 atom stereocenters. The Morgan fingerprint density at radius 1 is 1.33 bits per heavy atom. The van der Waals surface area contributed by atoms with Gasteiger partial charge in [-0.3, -0.25) is 4.68 Å². The Kier molecular flexibility index (Phi) is 2.41. The van der Waals surface area contributed by atoms with Crippen LogP contribution in [0.3, 0.4) is 0 Å². The van der Waals surface area contributed by atoms with Crippen molar-refractivity contribution in [2.75, 3.05) is 7.11 Å². The number of halogens is 1. The minimum atomic E-state index is -0.285. The van der Waals surface area contributed by atoms with Crippen molar-refractivity contribution >= 4 is 0 Å². The SMILES string of the molecule is COc1ccc(F)cc1-c1ccnn1C. The number of hydrogen-bond acceptors (Lipinski definition) is 2. The van der Waals surface area contributed by atoms with Crippen molar-refractivity contribution in [2.24, 2.45) is 7.05 Å². The highest BCUT2D eigenvalue weighted by molar-refractivity contribution is 5.67. The van der Waals surface area contributed by atoms with Crippen LogP contribution in [0.2, 0.25) is 0 Å². The number of rotatable bonds is 2. The maximum absolute atomic E-state index is 13.1. The summed E-state index contributed by atoms with van der Waals surface area (Å²) in [5.74, 6) is 0.354. The van der Waals surface area contributed by atoms with E-state index in [9.17, 15) is 4.39 Å². The van der Waals surface area contributed by atoms with E-state index in [0.717, 1.165) is 5.69 Å². The van der Waals surface area contributed by atoms with Gasteiger partial charge in [-0.25, -0.2) is 4.39 Å².